The van der Waals surface area contributed by atoms with Crippen LogP contribution in [0.15, 0.2) is 24.3 Å². The Balaban J connectivity index is 2.09. The quantitative estimate of drug-likeness (QED) is 0.905. The summed E-state index contributed by atoms with van der Waals surface area (Å²) in [6.07, 6.45) is 0.873. The molecule has 1 N–H and O–H groups in total. The topological polar surface area (TPSA) is 61.9 Å². The highest BCUT2D eigenvalue weighted by Crippen LogP contribution is 2.24. The molecule has 6 nitrogen and oxygen atoms in total. The lowest BCUT2D eigenvalue weighted by Gasteiger charge is -2.39. The van der Waals surface area contributed by atoms with E-state index in [1.54, 1.807) is 16.7 Å². The van der Waals surface area contributed by atoms with Crippen molar-refractivity contribution in [3.8, 4) is 5.75 Å². The predicted molar refractivity (Wildman–Crippen MR) is 89.8 cm³/mol. The van der Waals surface area contributed by atoms with Crippen molar-refractivity contribution < 1.29 is 14.3 Å². The van der Waals surface area contributed by atoms with Crippen LogP contribution in [-0.2, 0) is 4.79 Å². The van der Waals surface area contributed by atoms with E-state index in [4.69, 9.17) is 4.74 Å². The van der Waals surface area contributed by atoms with Crippen LogP contribution in [0, 0.1) is 0 Å². The van der Waals surface area contributed by atoms with Crippen molar-refractivity contribution in [2.24, 2.45) is 0 Å². The highest BCUT2D eigenvalue weighted by molar-refractivity contribution is 6.00. The molecule has 23 heavy (non-hydrogen) atoms. The molecule has 1 fully saturated rings. The molecule has 0 saturated carbocycles. The third kappa shape index (κ3) is 3.94. The minimum atomic E-state index is -0.476. The van der Waals surface area contributed by atoms with Crippen molar-refractivity contribution in [2.45, 2.75) is 33.2 Å². The Hall–Kier alpha value is -2.24. The number of piperazine rings is 1. The fraction of sp³-hybridized carbons (Fsp3) is 0.529. The molecule has 2 rings (SSSR count). The Bertz CT molecular complexity index is 562. The number of benzene rings is 1. The van der Waals surface area contributed by atoms with E-state index >= 15 is 0 Å². The Kier molecular flexibility index (Phi) is 5.84. The van der Waals surface area contributed by atoms with Crippen LogP contribution in [-0.4, -0.2) is 49.1 Å². The van der Waals surface area contributed by atoms with Crippen LogP contribution in [0.2, 0.25) is 0 Å². The normalized spacial score (nSPS) is 18.0. The Morgan fingerprint density at radius 2 is 2.13 bits per heavy atom. The average molecular weight is 319 g/mol. The van der Waals surface area contributed by atoms with Gasteiger partial charge < -0.3 is 19.9 Å². The SMILES string of the molecule is CCCNC(=O)N1CCN(c2cccc(OCC)c2)C(=O)[C@@H]1C. The molecule has 0 spiro atoms. The maximum Gasteiger partial charge on any atom is 0.318 e. The van der Waals surface area contributed by atoms with Gasteiger partial charge in [0.2, 0.25) is 5.91 Å². The van der Waals surface area contributed by atoms with Crippen molar-refractivity contribution in [3.05, 3.63) is 24.3 Å². The zero-order chi connectivity index (χ0) is 16.8. The van der Waals surface area contributed by atoms with Gasteiger partial charge in [-0.2, -0.15) is 0 Å². The number of carbonyl (C=O) groups excluding carboxylic acids is 2. The molecule has 0 radical (unpaired) electrons. The van der Waals surface area contributed by atoms with E-state index in [1.807, 2.05) is 38.1 Å². The lowest BCUT2D eigenvalue weighted by atomic mass is 10.1. The van der Waals surface area contributed by atoms with Crippen LogP contribution in [0.25, 0.3) is 0 Å². The summed E-state index contributed by atoms with van der Waals surface area (Å²) in [4.78, 5) is 28.1. The summed E-state index contributed by atoms with van der Waals surface area (Å²) in [5.41, 5.74) is 0.807. The highest BCUT2D eigenvalue weighted by atomic mass is 16.5. The fourth-order valence-electron chi connectivity index (χ4n) is 2.65. The maximum absolute atomic E-state index is 12.6. The van der Waals surface area contributed by atoms with E-state index in [9.17, 15) is 9.59 Å². The van der Waals surface area contributed by atoms with Gasteiger partial charge in [0, 0.05) is 31.4 Å². The number of nitrogens with one attached hydrogen (secondary N) is 1. The van der Waals surface area contributed by atoms with E-state index < -0.39 is 6.04 Å². The maximum atomic E-state index is 12.6. The van der Waals surface area contributed by atoms with Gasteiger partial charge in [-0.15, -0.1) is 0 Å². The number of hydrogen-bond acceptors (Lipinski definition) is 3. The summed E-state index contributed by atoms with van der Waals surface area (Å²) in [6, 6.07) is 6.85. The van der Waals surface area contributed by atoms with Crippen molar-refractivity contribution in [1.82, 2.24) is 10.2 Å². The van der Waals surface area contributed by atoms with Crippen LogP contribution < -0.4 is 15.0 Å². The molecule has 0 bridgehead atoms. The van der Waals surface area contributed by atoms with Gasteiger partial charge >= 0.3 is 6.03 Å². The monoisotopic (exact) mass is 319 g/mol. The number of rotatable bonds is 5. The van der Waals surface area contributed by atoms with E-state index in [-0.39, 0.29) is 11.9 Å². The first-order valence-corrected chi connectivity index (χ1v) is 8.17. The zero-order valence-corrected chi connectivity index (χ0v) is 14.0. The zero-order valence-electron chi connectivity index (χ0n) is 14.0. The summed E-state index contributed by atoms with van der Waals surface area (Å²) in [5, 5.41) is 2.83. The van der Waals surface area contributed by atoms with E-state index in [1.165, 1.54) is 0 Å². The van der Waals surface area contributed by atoms with Gasteiger partial charge in [-0.3, -0.25) is 4.79 Å². The van der Waals surface area contributed by atoms with Crippen LogP contribution >= 0.6 is 0 Å². The van der Waals surface area contributed by atoms with E-state index in [0.717, 1.165) is 17.9 Å². The van der Waals surface area contributed by atoms with Gasteiger partial charge in [0.15, 0.2) is 0 Å². The summed E-state index contributed by atoms with van der Waals surface area (Å²) in [5.74, 6) is 0.671. The van der Waals surface area contributed by atoms with Crippen molar-refractivity contribution >= 4 is 17.6 Å². The van der Waals surface area contributed by atoms with Gasteiger partial charge in [-0.05, 0) is 32.4 Å². The number of ether oxygens (including phenoxy) is 1. The largest absolute Gasteiger partial charge is 0.494 e. The smallest absolute Gasteiger partial charge is 0.318 e. The third-order valence-electron chi connectivity index (χ3n) is 3.88. The second-order valence-corrected chi connectivity index (χ2v) is 5.52. The molecular weight excluding hydrogens is 294 g/mol. The molecule has 1 aliphatic rings. The standard InChI is InChI=1S/C17H25N3O3/c1-4-9-18-17(22)19-10-11-20(16(21)13(19)3)14-7-6-8-15(12-14)23-5-2/h6-8,12-13H,4-5,9-11H2,1-3H3,(H,18,22)/t13-/m0/s1. The van der Waals surface area contributed by atoms with Crippen LogP contribution in [0.4, 0.5) is 10.5 Å². The van der Waals surface area contributed by atoms with Gasteiger partial charge in [-0.1, -0.05) is 13.0 Å². The van der Waals surface area contributed by atoms with Crippen molar-refractivity contribution in [1.29, 1.82) is 0 Å². The van der Waals surface area contributed by atoms with Crippen LogP contribution in [0.3, 0.4) is 0 Å². The summed E-state index contributed by atoms with van der Waals surface area (Å²) in [6.45, 7) is 7.90. The van der Waals surface area contributed by atoms with E-state index in [2.05, 4.69) is 5.32 Å². The van der Waals surface area contributed by atoms with E-state index in [0.29, 0.717) is 26.2 Å². The minimum absolute atomic E-state index is 0.0726. The first kappa shape index (κ1) is 17.1. The van der Waals surface area contributed by atoms with Gasteiger partial charge in [0.05, 0.1) is 6.61 Å². The molecule has 1 aromatic carbocycles. The molecule has 3 amide bonds. The molecular formula is C17H25N3O3. The molecule has 1 atom stereocenters. The summed E-state index contributed by atoms with van der Waals surface area (Å²) >= 11 is 0. The molecule has 126 valence electrons. The molecule has 1 aromatic rings. The number of nitrogens with zero attached hydrogens (tertiary/aromatic N) is 2. The molecule has 1 aliphatic heterocycles. The second-order valence-electron chi connectivity index (χ2n) is 5.52. The Morgan fingerprint density at radius 3 is 2.83 bits per heavy atom. The summed E-state index contributed by atoms with van der Waals surface area (Å²) < 4.78 is 5.49. The van der Waals surface area contributed by atoms with Crippen LogP contribution in [0.1, 0.15) is 27.2 Å². The minimum Gasteiger partial charge on any atom is -0.494 e. The lowest BCUT2D eigenvalue weighted by Crippen LogP contribution is -2.59. The Morgan fingerprint density at radius 1 is 1.35 bits per heavy atom. The van der Waals surface area contributed by atoms with Crippen LogP contribution in [0.5, 0.6) is 5.75 Å². The first-order chi connectivity index (χ1) is 11.1. The van der Waals surface area contributed by atoms with Crippen molar-refractivity contribution in [2.75, 3.05) is 31.1 Å². The average Bonchev–Trinajstić information content (AvgIpc) is 2.55. The molecule has 0 aromatic heterocycles. The van der Waals surface area contributed by atoms with Crippen molar-refractivity contribution in [3.63, 3.8) is 0 Å². The molecule has 1 saturated heterocycles. The second kappa shape index (κ2) is 7.85. The third-order valence-corrected chi connectivity index (χ3v) is 3.88. The number of anilines is 1. The molecule has 6 heteroatoms. The highest BCUT2D eigenvalue weighted by Gasteiger charge is 2.34. The lowest BCUT2D eigenvalue weighted by molar-refractivity contribution is -0.124. The number of hydrogen-bond donors (Lipinski definition) is 1. The van der Waals surface area contributed by atoms with Gasteiger partial charge in [0.25, 0.3) is 0 Å². The van der Waals surface area contributed by atoms with Gasteiger partial charge in [0.1, 0.15) is 11.8 Å². The predicted octanol–water partition coefficient (Wildman–Crippen LogP) is 2.24. The number of urea groups is 1. The Labute approximate surface area is 137 Å². The molecule has 0 aliphatic carbocycles. The first-order valence-electron chi connectivity index (χ1n) is 8.17. The number of carbonyl (C=O) groups is 2. The molecule has 1 heterocycles. The number of amides is 3. The molecule has 0 unspecified atom stereocenters. The van der Waals surface area contributed by atoms with Gasteiger partial charge in [-0.25, -0.2) is 4.79 Å². The fourth-order valence-corrected chi connectivity index (χ4v) is 2.65. The summed E-state index contributed by atoms with van der Waals surface area (Å²) in [7, 11) is 0.